The molecule has 2 atom stereocenters. The maximum absolute atomic E-state index is 12.3. The number of likely N-dealkylation sites (tertiary alicyclic amines) is 2. The largest absolute Gasteiger partial charge is 0.444 e. The fourth-order valence-electron chi connectivity index (χ4n) is 4.65. The van der Waals surface area contributed by atoms with E-state index < -0.39 is 5.60 Å². The van der Waals surface area contributed by atoms with Crippen LogP contribution in [0, 0.1) is 17.3 Å². The van der Waals surface area contributed by atoms with Crippen molar-refractivity contribution in [2.45, 2.75) is 64.5 Å². The first-order valence-electron chi connectivity index (χ1n) is 10.2. The predicted octanol–water partition coefficient (Wildman–Crippen LogP) is 2.23. The van der Waals surface area contributed by atoms with Gasteiger partial charge in [-0.1, -0.05) is 0 Å². The lowest BCUT2D eigenvalue weighted by molar-refractivity contribution is -0.123. The molecule has 0 aromatic carbocycles. The van der Waals surface area contributed by atoms with E-state index in [1.165, 1.54) is 6.42 Å². The molecular formula is C20H33N3O3. The molecule has 2 saturated carbocycles. The van der Waals surface area contributed by atoms with Crippen molar-refractivity contribution in [3.8, 4) is 0 Å². The highest BCUT2D eigenvalue weighted by Gasteiger charge is 2.61. The first-order valence-corrected chi connectivity index (χ1v) is 10.2. The topological polar surface area (TPSA) is 61.9 Å². The number of amides is 2. The highest BCUT2D eigenvalue weighted by Crippen LogP contribution is 2.58. The summed E-state index contributed by atoms with van der Waals surface area (Å²) in [5.41, 5.74) is -0.134. The van der Waals surface area contributed by atoms with E-state index >= 15 is 0 Å². The van der Waals surface area contributed by atoms with E-state index in [4.69, 9.17) is 4.74 Å². The Balaban J connectivity index is 1.22. The molecule has 146 valence electrons. The average Bonchev–Trinajstić information content (AvgIpc) is 3.46. The standard InChI is InChI=1S/C20H33N3O3/c1-19(2,3)26-18(25)23-11-15-10-20(15,13-23)12-22-8-6-16(7-9-22)21-17(24)14-4-5-14/h14-16H,4-13H2,1-3H3,(H,21,24)/t15-,20-/m1/s1. The average molecular weight is 364 g/mol. The van der Waals surface area contributed by atoms with E-state index in [2.05, 4.69) is 10.2 Å². The third-order valence-electron chi connectivity index (χ3n) is 6.38. The third kappa shape index (κ3) is 4.00. The van der Waals surface area contributed by atoms with Gasteiger partial charge in [-0.25, -0.2) is 4.79 Å². The minimum absolute atomic E-state index is 0.162. The van der Waals surface area contributed by atoms with Crippen LogP contribution in [-0.4, -0.2) is 66.2 Å². The van der Waals surface area contributed by atoms with Crippen LogP contribution in [0.2, 0.25) is 0 Å². The van der Waals surface area contributed by atoms with Crippen LogP contribution >= 0.6 is 0 Å². The summed E-state index contributed by atoms with van der Waals surface area (Å²) in [5, 5.41) is 3.22. The molecule has 2 amide bonds. The van der Waals surface area contributed by atoms with Gasteiger partial charge in [0.25, 0.3) is 0 Å². The molecule has 2 aliphatic carbocycles. The second kappa shape index (κ2) is 6.39. The van der Waals surface area contributed by atoms with Gasteiger partial charge in [-0.15, -0.1) is 0 Å². The van der Waals surface area contributed by atoms with E-state index in [0.29, 0.717) is 23.3 Å². The van der Waals surface area contributed by atoms with Gasteiger partial charge in [-0.05, 0) is 58.8 Å². The lowest BCUT2D eigenvalue weighted by atomic mass is 10.0. The summed E-state index contributed by atoms with van der Waals surface area (Å²) in [5.74, 6) is 1.21. The fraction of sp³-hybridized carbons (Fsp3) is 0.900. The van der Waals surface area contributed by atoms with Gasteiger partial charge in [-0.2, -0.15) is 0 Å². The number of carbonyl (C=O) groups is 2. The maximum atomic E-state index is 12.3. The fourth-order valence-corrected chi connectivity index (χ4v) is 4.65. The first kappa shape index (κ1) is 18.1. The summed E-state index contributed by atoms with van der Waals surface area (Å²) in [6.45, 7) is 10.6. The number of fused-ring (bicyclic) bond motifs is 1. The van der Waals surface area contributed by atoms with Crippen molar-refractivity contribution in [2.75, 3.05) is 32.7 Å². The zero-order valence-electron chi connectivity index (χ0n) is 16.4. The SMILES string of the molecule is CC(C)(C)OC(=O)N1C[C@H]2C[C@@]2(CN2CCC(NC(=O)C3CC3)CC2)C1. The van der Waals surface area contributed by atoms with Crippen LogP contribution in [0.1, 0.15) is 52.9 Å². The van der Waals surface area contributed by atoms with Crippen LogP contribution in [0.25, 0.3) is 0 Å². The number of hydrogen-bond donors (Lipinski definition) is 1. The number of nitrogens with one attached hydrogen (secondary N) is 1. The minimum Gasteiger partial charge on any atom is -0.444 e. The van der Waals surface area contributed by atoms with E-state index in [0.717, 1.165) is 58.4 Å². The zero-order chi connectivity index (χ0) is 18.5. The molecular weight excluding hydrogens is 330 g/mol. The van der Waals surface area contributed by atoms with Crippen molar-refractivity contribution >= 4 is 12.0 Å². The molecule has 0 bridgehead atoms. The van der Waals surface area contributed by atoms with Crippen LogP contribution in [0.3, 0.4) is 0 Å². The Labute approximate surface area is 156 Å². The molecule has 4 fully saturated rings. The molecule has 2 aliphatic heterocycles. The molecule has 0 aromatic heterocycles. The van der Waals surface area contributed by atoms with Gasteiger partial charge in [0.1, 0.15) is 5.60 Å². The van der Waals surface area contributed by atoms with Crippen LogP contribution in [0.4, 0.5) is 4.79 Å². The van der Waals surface area contributed by atoms with Gasteiger partial charge in [-0.3, -0.25) is 4.79 Å². The van der Waals surface area contributed by atoms with Crippen LogP contribution in [0.15, 0.2) is 0 Å². The molecule has 0 spiro atoms. The summed E-state index contributed by atoms with van der Waals surface area (Å²) in [7, 11) is 0. The van der Waals surface area contributed by atoms with Gasteiger partial charge in [0.2, 0.25) is 5.91 Å². The molecule has 0 aromatic rings. The van der Waals surface area contributed by atoms with Crippen molar-refractivity contribution in [3.05, 3.63) is 0 Å². The van der Waals surface area contributed by atoms with Crippen molar-refractivity contribution in [1.82, 2.24) is 15.1 Å². The molecule has 1 N–H and O–H groups in total. The molecule has 26 heavy (non-hydrogen) atoms. The highest BCUT2D eigenvalue weighted by atomic mass is 16.6. The molecule has 0 unspecified atom stereocenters. The Morgan fingerprint density at radius 1 is 1.15 bits per heavy atom. The van der Waals surface area contributed by atoms with Crippen molar-refractivity contribution < 1.29 is 14.3 Å². The summed E-state index contributed by atoms with van der Waals surface area (Å²) in [6, 6.07) is 0.355. The van der Waals surface area contributed by atoms with Crippen molar-refractivity contribution in [1.29, 1.82) is 0 Å². The number of nitrogens with zero attached hydrogens (tertiary/aromatic N) is 2. The molecule has 2 saturated heterocycles. The van der Waals surface area contributed by atoms with Gasteiger partial charge in [0.15, 0.2) is 0 Å². The van der Waals surface area contributed by atoms with Crippen LogP contribution in [0.5, 0.6) is 0 Å². The Morgan fingerprint density at radius 3 is 2.46 bits per heavy atom. The monoisotopic (exact) mass is 363 g/mol. The molecule has 0 radical (unpaired) electrons. The van der Waals surface area contributed by atoms with Gasteiger partial charge >= 0.3 is 6.09 Å². The first-order chi connectivity index (χ1) is 12.2. The van der Waals surface area contributed by atoms with Crippen molar-refractivity contribution in [3.63, 3.8) is 0 Å². The molecule has 4 aliphatic rings. The zero-order valence-corrected chi connectivity index (χ0v) is 16.4. The van der Waals surface area contributed by atoms with Gasteiger partial charge in [0.05, 0.1) is 0 Å². The van der Waals surface area contributed by atoms with E-state index in [1.807, 2.05) is 25.7 Å². The summed E-state index contributed by atoms with van der Waals surface area (Å²) < 4.78 is 5.53. The Kier molecular flexibility index (Phi) is 4.45. The normalized spacial score (nSPS) is 32.3. The number of hydrogen-bond acceptors (Lipinski definition) is 4. The minimum atomic E-state index is -0.427. The third-order valence-corrected chi connectivity index (χ3v) is 6.38. The predicted molar refractivity (Wildman–Crippen MR) is 98.7 cm³/mol. The number of piperidine rings is 2. The Morgan fingerprint density at radius 2 is 1.85 bits per heavy atom. The molecule has 6 nitrogen and oxygen atoms in total. The van der Waals surface area contributed by atoms with E-state index in [1.54, 1.807) is 0 Å². The number of ether oxygens (including phenoxy) is 1. The van der Waals surface area contributed by atoms with E-state index in [9.17, 15) is 9.59 Å². The summed E-state index contributed by atoms with van der Waals surface area (Å²) in [6.07, 6.45) is 5.32. The van der Waals surface area contributed by atoms with Crippen LogP contribution in [-0.2, 0) is 9.53 Å². The molecule has 4 rings (SSSR count). The lowest BCUT2D eigenvalue weighted by Crippen LogP contribution is -2.47. The second-order valence-corrected chi connectivity index (χ2v) is 9.96. The Hall–Kier alpha value is -1.30. The highest BCUT2D eigenvalue weighted by molar-refractivity contribution is 5.81. The van der Waals surface area contributed by atoms with Crippen LogP contribution < -0.4 is 5.32 Å². The summed E-state index contributed by atoms with van der Waals surface area (Å²) >= 11 is 0. The summed E-state index contributed by atoms with van der Waals surface area (Å²) in [4.78, 5) is 28.7. The number of carbonyl (C=O) groups excluding carboxylic acids is 2. The van der Waals surface area contributed by atoms with Crippen molar-refractivity contribution in [2.24, 2.45) is 17.3 Å². The smallest absolute Gasteiger partial charge is 0.410 e. The second-order valence-electron chi connectivity index (χ2n) is 9.96. The van der Waals surface area contributed by atoms with E-state index in [-0.39, 0.29) is 12.0 Å². The Bertz CT molecular complexity index is 575. The molecule has 2 heterocycles. The van der Waals surface area contributed by atoms with Gasteiger partial charge < -0.3 is 19.9 Å². The molecule has 6 heteroatoms. The van der Waals surface area contributed by atoms with Gasteiger partial charge in [0, 0.05) is 50.1 Å². The quantitative estimate of drug-likeness (QED) is 0.832. The lowest BCUT2D eigenvalue weighted by Gasteiger charge is -2.35. The number of rotatable bonds is 4. The maximum Gasteiger partial charge on any atom is 0.410 e.